The molecule has 2 atom stereocenters. The minimum Gasteiger partial charge on any atom is -0.385 e. The summed E-state index contributed by atoms with van der Waals surface area (Å²) in [6.07, 6.45) is 2.92. The number of likely N-dealkylation sites (tertiary alicyclic amines) is 2. The molecular weight excluding hydrogens is 360 g/mol. The lowest BCUT2D eigenvalue weighted by Crippen LogP contribution is -2.34. The van der Waals surface area contributed by atoms with Crippen molar-refractivity contribution in [3.8, 4) is 0 Å². The zero-order valence-electron chi connectivity index (χ0n) is 15.7. The Morgan fingerprint density at radius 3 is 2.67 bits per heavy atom. The third-order valence-electron chi connectivity index (χ3n) is 5.83. The Morgan fingerprint density at radius 1 is 1.22 bits per heavy atom. The number of aryl methyl sites for hydroxylation is 1. The van der Waals surface area contributed by atoms with Crippen molar-refractivity contribution in [3.63, 3.8) is 0 Å². The lowest BCUT2D eigenvalue weighted by Gasteiger charge is -2.21. The molecule has 3 heterocycles. The Labute approximate surface area is 165 Å². The normalized spacial score (nSPS) is 22.2. The van der Waals surface area contributed by atoms with Gasteiger partial charge in [-0.3, -0.25) is 4.79 Å². The average molecular weight is 387 g/mol. The van der Waals surface area contributed by atoms with Crippen LogP contribution in [0.5, 0.6) is 0 Å². The number of nitrogens with zero attached hydrogens (tertiary/aromatic N) is 2. The van der Waals surface area contributed by atoms with E-state index >= 15 is 0 Å². The van der Waals surface area contributed by atoms with Gasteiger partial charge in [0.15, 0.2) is 0 Å². The summed E-state index contributed by atoms with van der Waals surface area (Å²) in [5, 5.41) is 4.27. The molecule has 1 amide bonds. The molecule has 0 aliphatic carbocycles. The molecule has 144 valence electrons. The van der Waals surface area contributed by atoms with Gasteiger partial charge in [0.1, 0.15) is 5.69 Å². The van der Waals surface area contributed by atoms with Crippen LogP contribution >= 0.6 is 11.6 Å². The number of carbonyl (C=O) groups is 1. The first kappa shape index (κ1) is 18.4. The summed E-state index contributed by atoms with van der Waals surface area (Å²) in [4.78, 5) is 20.1. The second-order valence-electron chi connectivity index (χ2n) is 7.82. The second kappa shape index (κ2) is 7.95. The van der Waals surface area contributed by atoms with Crippen molar-refractivity contribution in [1.82, 2.24) is 14.8 Å². The molecule has 1 aromatic carbocycles. The van der Waals surface area contributed by atoms with Crippen LogP contribution in [0.1, 0.15) is 22.5 Å². The first-order valence-electron chi connectivity index (χ1n) is 9.75. The molecule has 0 radical (unpaired) electrons. The standard InChI is InChI=1S/C21H27ClN4O/c1-15-5-6-18(10-19(15)22)23-8-3-9-25-11-16-13-26(14-17(16)12-25)21(27)20-4-2-7-24-20/h2,4-7,10,16-17,23-24H,3,8-9,11-14H2,1H3. The number of anilines is 1. The first-order chi connectivity index (χ1) is 13.1. The van der Waals surface area contributed by atoms with Crippen LogP contribution < -0.4 is 5.32 Å². The van der Waals surface area contributed by atoms with E-state index in [9.17, 15) is 4.79 Å². The smallest absolute Gasteiger partial charge is 0.270 e. The fraction of sp³-hybridized carbons (Fsp3) is 0.476. The Hall–Kier alpha value is -1.98. The molecule has 2 saturated heterocycles. The van der Waals surface area contributed by atoms with Crippen LogP contribution in [0.15, 0.2) is 36.5 Å². The van der Waals surface area contributed by atoms with Crippen LogP contribution in [0.25, 0.3) is 0 Å². The molecular formula is C21H27ClN4O. The highest BCUT2D eigenvalue weighted by molar-refractivity contribution is 6.31. The van der Waals surface area contributed by atoms with Crippen molar-refractivity contribution in [3.05, 3.63) is 52.8 Å². The molecule has 0 bridgehead atoms. The summed E-state index contributed by atoms with van der Waals surface area (Å²) in [5.74, 6) is 1.38. The number of amides is 1. The zero-order valence-corrected chi connectivity index (χ0v) is 16.5. The molecule has 2 aliphatic rings. The third kappa shape index (κ3) is 4.14. The van der Waals surface area contributed by atoms with E-state index in [-0.39, 0.29) is 5.91 Å². The van der Waals surface area contributed by atoms with E-state index in [1.165, 1.54) is 0 Å². The number of carbonyl (C=O) groups excluding carboxylic acids is 1. The minimum absolute atomic E-state index is 0.141. The van der Waals surface area contributed by atoms with Crippen molar-refractivity contribution in [2.75, 3.05) is 44.6 Å². The van der Waals surface area contributed by atoms with Gasteiger partial charge in [-0.1, -0.05) is 17.7 Å². The molecule has 2 aliphatic heterocycles. The van der Waals surface area contributed by atoms with E-state index in [0.29, 0.717) is 17.5 Å². The van der Waals surface area contributed by atoms with E-state index < -0.39 is 0 Å². The summed E-state index contributed by atoms with van der Waals surface area (Å²) in [6.45, 7) is 8.05. The molecule has 5 nitrogen and oxygen atoms in total. The van der Waals surface area contributed by atoms with E-state index in [1.807, 2.05) is 42.3 Å². The lowest BCUT2D eigenvalue weighted by atomic mass is 10.0. The highest BCUT2D eigenvalue weighted by Crippen LogP contribution is 2.31. The zero-order chi connectivity index (χ0) is 18.8. The van der Waals surface area contributed by atoms with Gasteiger partial charge in [0.2, 0.25) is 0 Å². The van der Waals surface area contributed by atoms with Crippen molar-refractivity contribution >= 4 is 23.2 Å². The number of fused-ring (bicyclic) bond motifs is 1. The van der Waals surface area contributed by atoms with Crippen molar-refractivity contribution in [1.29, 1.82) is 0 Å². The number of hydrogen-bond acceptors (Lipinski definition) is 3. The summed E-state index contributed by atoms with van der Waals surface area (Å²) >= 11 is 6.17. The Morgan fingerprint density at radius 2 is 2.00 bits per heavy atom. The Balaban J connectivity index is 1.18. The van der Waals surface area contributed by atoms with Gasteiger partial charge in [-0.15, -0.1) is 0 Å². The monoisotopic (exact) mass is 386 g/mol. The van der Waals surface area contributed by atoms with Crippen LogP contribution in [0.2, 0.25) is 5.02 Å². The van der Waals surface area contributed by atoms with Gasteiger partial charge in [-0.05, 0) is 61.6 Å². The van der Waals surface area contributed by atoms with Gasteiger partial charge in [0.25, 0.3) is 5.91 Å². The molecule has 0 saturated carbocycles. The number of aromatic amines is 1. The molecule has 2 N–H and O–H groups in total. The lowest BCUT2D eigenvalue weighted by molar-refractivity contribution is 0.0769. The fourth-order valence-corrected chi connectivity index (χ4v) is 4.49. The predicted molar refractivity (Wildman–Crippen MR) is 109 cm³/mol. The number of hydrogen-bond donors (Lipinski definition) is 2. The minimum atomic E-state index is 0.141. The summed E-state index contributed by atoms with van der Waals surface area (Å²) in [6, 6.07) is 9.86. The average Bonchev–Trinajstić information content (AvgIpc) is 3.37. The Bertz CT molecular complexity index is 777. The summed E-state index contributed by atoms with van der Waals surface area (Å²) in [7, 11) is 0. The maximum atomic E-state index is 12.5. The molecule has 6 heteroatoms. The van der Waals surface area contributed by atoms with Crippen LogP contribution in [-0.4, -0.2) is 60.0 Å². The van der Waals surface area contributed by atoms with Gasteiger partial charge >= 0.3 is 0 Å². The molecule has 2 unspecified atom stereocenters. The van der Waals surface area contributed by atoms with Crippen molar-refractivity contribution < 1.29 is 4.79 Å². The van der Waals surface area contributed by atoms with Gasteiger partial charge in [-0.2, -0.15) is 0 Å². The molecule has 2 fully saturated rings. The number of H-pyrrole nitrogens is 1. The first-order valence-corrected chi connectivity index (χ1v) is 10.1. The van der Waals surface area contributed by atoms with Crippen LogP contribution in [0.4, 0.5) is 5.69 Å². The number of halogens is 1. The van der Waals surface area contributed by atoms with Crippen molar-refractivity contribution in [2.24, 2.45) is 11.8 Å². The largest absolute Gasteiger partial charge is 0.385 e. The highest BCUT2D eigenvalue weighted by Gasteiger charge is 2.41. The van der Waals surface area contributed by atoms with E-state index in [4.69, 9.17) is 11.6 Å². The van der Waals surface area contributed by atoms with E-state index in [2.05, 4.69) is 21.3 Å². The van der Waals surface area contributed by atoms with Gasteiger partial charge in [0, 0.05) is 49.6 Å². The SMILES string of the molecule is Cc1ccc(NCCCN2CC3CN(C(=O)c4ccc[nH]4)CC3C2)cc1Cl. The molecule has 2 aromatic rings. The van der Waals surface area contributed by atoms with Gasteiger partial charge < -0.3 is 20.1 Å². The molecule has 0 spiro atoms. The van der Waals surface area contributed by atoms with E-state index in [0.717, 1.165) is 62.0 Å². The summed E-state index contributed by atoms with van der Waals surface area (Å²) < 4.78 is 0. The molecule has 27 heavy (non-hydrogen) atoms. The maximum Gasteiger partial charge on any atom is 0.270 e. The fourth-order valence-electron chi connectivity index (χ4n) is 4.31. The topological polar surface area (TPSA) is 51.4 Å². The number of nitrogens with one attached hydrogen (secondary N) is 2. The third-order valence-corrected chi connectivity index (χ3v) is 6.24. The number of rotatable bonds is 6. The highest BCUT2D eigenvalue weighted by atomic mass is 35.5. The second-order valence-corrected chi connectivity index (χ2v) is 8.23. The quantitative estimate of drug-likeness (QED) is 0.747. The summed E-state index contributed by atoms with van der Waals surface area (Å²) in [5.41, 5.74) is 2.89. The van der Waals surface area contributed by atoms with E-state index in [1.54, 1.807) is 0 Å². The van der Waals surface area contributed by atoms with Crippen LogP contribution in [0, 0.1) is 18.8 Å². The van der Waals surface area contributed by atoms with Gasteiger partial charge in [0.05, 0.1) is 0 Å². The number of aromatic nitrogens is 1. The Kier molecular flexibility index (Phi) is 5.41. The maximum absolute atomic E-state index is 12.5. The molecule has 1 aromatic heterocycles. The van der Waals surface area contributed by atoms with Crippen LogP contribution in [0.3, 0.4) is 0 Å². The molecule has 4 rings (SSSR count). The number of benzene rings is 1. The van der Waals surface area contributed by atoms with Crippen molar-refractivity contribution in [2.45, 2.75) is 13.3 Å². The van der Waals surface area contributed by atoms with Gasteiger partial charge in [-0.25, -0.2) is 0 Å². The predicted octanol–water partition coefficient (Wildman–Crippen LogP) is 3.48. The van der Waals surface area contributed by atoms with Crippen LogP contribution in [-0.2, 0) is 0 Å².